The molecule has 0 atom stereocenters. The van der Waals surface area contributed by atoms with Crippen LogP contribution in [0.5, 0.6) is 0 Å². The molecule has 0 radical (unpaired) electrons. The molecule has 0 amide bonds. The van der Waals surface area contributed by atoms with Crippen LogP contribution in [0.15, 0.2) is 176 Å². The van der Waals surface area contributed by atoms with Gasteiger partial charge in [-0.05, 0) is 60.2 Å². The molecule has 3 nitrogen and oxygen atoms in total. The van der Waals surface area contributed by atoms with Gasteiger partial charge in [0.25, 0.3) is 0 Å². The van der Waals surface area contributed by atoms with Crippen molar-refractivity contribution in [2.45, 2.75) is 0 Å². The van der Waals surface area contributed by atoms with Crippen molar-refractivity contribution in [2.24, 2.45) is 0 Å². The number of thiophene rings is 1. The lowest BCUT2D eigenvalue weighted by molar-refractivity contribution is 1.24. The van der Waals surface area contributed by atoms with Crippen LogP contribution in [-0.4, -0.2) is 8.80 Å². The maximum atomic E-state index is 2.52. The molecule has 0 N–H and O–H groups in total. The van der Waals surface area contributed by atoms with Crippen LogP contribution in [0.1, 0.15) is 0 Å². The number of nitrogens with zero attached hydrogens (tertiary/aromatic N) is 3. The maximum absolute atomic E-state index is 2.52. The van der Waals surface area contributed by atoms with Crippen molar-refractivity contribution in [2.75, 3.05) is 4.90 Å². The lowest BCUT2D eigenvalue weighted by Gasteiger charge is -2.28. The van der Waals surface area contributed by atoms with Gasteiger partial charge in [0.05, 0.1) is 38.8 Å². The van der Waals surface area contributed by atoms with Gasteiger partial charge in [0.15, 0.2) is 0 Å². The van der Waals surface area contributed by atoms with Crippen LogP contribution in [0.4, 0.5) is 17.1 Å². The van der Waals surface area contributed by atoms with Gasteiger partial charge in [-0.3, -0.25) is 0 Å². The number of fused-ring (bicyclic) bond motifs is 12. The van der Waals surface area contributed by atoms with Crippen molar-refractivity contribution in [1.82, 2.24) is 8.80 Å². The summed E-state index contributed by atoms with van der Waals surface area (Å²) in [5.74, 6) is 0. The fourth-order valence-corrected chi connectivity index (χ4v) is 9.97. The van der Waals surface area contributed by atoms with Crippen molar-refractivity contribution in [3.8, 4) is 11.1 Å². The number of rotatable bonds is 4. The molecule has 0 saturated carbocycles. The molecule has 8 aromatic carbocycles. The van der Waals surface area contributed by atoms with Gasteiger partial charge in [-0.2, -0.15) is 0 Å². The summed E-state index contributed by atoms with van der Waals surface area (Å²) in [6.07, 6.45) is 0. The molecule has 242 valence electrons. The van der Waals surface area contributed by atoms with Crippen molar-refractivity contribution >= 4 is 103 Å². The highest BCUT2D eigenvalue weighted by atomic mass is 32.1. The van der Waals surface area contributed by atoms with E-state index in [9.17, 15) is 0 Å². The van der Waals surface area contributed by atoms with Crippen LogP contribution in [0, 0.1) is 0 Å². The zero-order chi connectivity index (χ0) is 33.9. The van der Waals surface area contributed by atoms with Gasteiger partial charge < -0.3 is 13.7 Å². The molecular formula is C48H29N3S. The second-order valence-corrected chi connectivity index (χ2v) is 14.8. The Kier molecular flexibility index (Phi) is 5.65. The Bertz CT molecular complexity index is 3360. The van der Waals surface area contributed by atoms with Crippen molar-refractivity contribution < 1.29 is 0 Å². The summed E-state index contributed by atoms with van der Waals surface area (Å²) in [4.78, 5) is 2.46. The fourth-order valence-electron chi connectivity index (χ4n) is 8.83. The second-order valence-electron chi connectivity index (χ2n) is 13.7. The molecule has 0 fully saturated rings. The quantitative estimate of drug-likeness (QED) is 0.169. The van der Waals surface area contributed by atoms with Crippen molar-refractivity contribution in [1.29, 1.82) is 0 Å². The third-order valence-corrected chi connectivity index (χ3v) is 12.2. The van der Waals surface area contributed by atoms with E-state index in [0.717, 1.165) is 17.1 Å². The normalized spacial score (nSPS) is 12.2. The average molecular weight is 680 g/mol. The molecule has 0 unspecified atom stereocenters. The number of hydrogen-bond donors (Lipinski definition) is 0. The Morgan fingerprint density at radius 3 is 1.69 bits per heavy atom. The first-order chi connectivity index (χ1) is 25.8. The molecule has 12 rings (SSSR count). The fraction of sp³-hybridized carbons (Fsp3) is 0. The zero-order valence-corrected chi connectivity index (χ0v) is 28.8. The van der Waals surface area contributed by atoms with Gasteiger partial charge in [-0.1, -0.05) is 121 Å². The average Bonchev–Trinajstić information content (AvgIpc) is 3.86. The van der Waals surface area contributed by atoms with Crippen LogP contribution in [-0.2, 0) is 0 Å². The van der Waals surface area contributed by atoms with Crippen LogP contribution in [0.3, 0.4) is 0 Å². The summed E-state index contributed by atoms with van der Waals surface area (Å²) >= 11 is 1.86. The first-order valence-corrected chi connectivity index (χ1v) is 18.6. The van der Waals surface area contributed by atoms with Gasteiger partial charge >= 0.3 is 0 Å². The minimum absolute atomic E-state index is 1.11. The monoisotopic (exact) mass is 679 g/mol. The molecule has 12 aromatic rings. The predicted molar refractivity (Wildman–Crippen MR) is 223 cm³/mol. The highest BCUT2D eigenvalue weighted by molar-refractivity contribution is 7.25. The Hall–Kier alpha value is -6.62. The largest absolute Gasteiger partial charge is 0.310 e. The second kappa shape index (κ2) is 10.5. The minimum atomic E-state index is 1.11. The molecular weight excluding hydrogens is 651 g/mol. The summed E-state index contributed by atoms with van der Waals surface area (Å²) in [6.45, 7) is 0. The van der Waals surface area contributed by atoms with Crippen LogP contribution >= 0.6 is 11.3 Å². The van der Waals surface area contributed by atoms with Crippen LogP contribution in [0.2, 0.25) is 0 Å². The lowest BCUT2D eigenvalue weighted by Crippen LogP contribution is -2.11. The number of hydrogen-bond acceptors (Lipinski definition) is 2. The summed E-state index contributed by atoms with van der Waals surface area (Å²) in [7, 11) is 0. The lowest BCUT2D eigenvalue weighted by atomic mass is 10.0. The van der Waals surface area contributed by atoms with Gasteiger partial charge in [0.1, 0.15) is 0 Å². The minimum Gasteiger partial charge on any atom is -0.310 e. The first kappa shape index (κ1) is 28.1. The molecule has 52 heavy (non-hydrogen) atoms. The maximum Gasteiger partial charge on any atom is 0.0789 e. The van der Waals surface area contributed by atoms with E-state index >= 15 is 0 Å². The molecule has 0 bridgehead atoms. The molecule has 0 saturated heterocycles. The van der Waals surface area contributed by atoms with Crippen LogP contribution in [0.25, 0.3) is 85.9 Å². The van der Waals surface area contributed by atoms with E-state index < -0.39 is 0 Å². The Balaban J connectivity index is 1.21. The van der Waals surface area contributed by atoms with Gasteiger partial charge in [-0.15, -0.1) is 11.3 Å². The van der Waals surface area contributed by atoms with Gasteiger partial charge in [0.2, 0.25) is 0 Å². The third kappa shape index (κ3) is 3.74. The Labute approximate surface area is 302 Å². The molecule has 4 heterocycles. The van der Waals surface area contributed by atoms with Crippen LogP contribution < -0.4 is 4.90 Å². The number of para-hydroxylation sites is 3. The van der Waals surface area contributed by atoms with Gasteiger partial charge in [-0.25, -0.2) is 0 Å². The number of aromatic nitrogens is 2. The van der Waals surface area contributed by atoms with Gasteiger partial charge in [0, 0.05) is 58.7 Å². The topological polar surface area (TPSA) is 12.1 Å². The molecule has 0 aliphatic heterocycles. The highest BCUT2D eigenvalue weighted by Gasteiger charge is 2.24. The molecule has 4 aromatic heterocycles. The zero-order valence-electron chi connectivity index (χ0n) is 28.0. The Morgan fingerprint density at radius 2 is 0.923 bits per heavy atom. The number of benzene rings is 8. The van der Waals surface area contributed by atoms with E-state index in [1.807, 2.05) is 11.3 Å². The molecule has 0 aliphatic rings. The number of anilines is 3. The summed E-state index contributed by atoms with van der Waals surface area (Å²) in [6, 6.07) is 64.7. The van der Waals surface area contributed by atoms with Crippen molar-refractivity contribution in [3.63, 3.8) is 0 Å². The highest BCUT2D eigenvalue weighted by Crippen LogP contribution is 2.46. The summed E-state index contributed by atoms with van der Waals surface area (Å²) < 4.78 is 7.61. The van der Waals surface area contributed by atoms with Crippen molar-refractivity contribution in [3.05, 3.63) is 176 Å². The van der Waals surface area contributed by atoms with E-state index in [-0.39, 0.29) is 0 Å². The van der Waals surface area contributed by atoms with E-state index in [2.05, 4.69) is 190 Å². The van der Waals surface area contributed by atoms with E-state index in [1.54, 1.807) is 0 Å². The Morgan fingerprint density at radius 1 is 0.365 bits per heavy atom. The first-order valence-electron chi connectivity index (χ1n) is 17.8. The summed E-state index contributed by atoms with van der Waals surface area (Å²) in [5, 5.41) is 7.74. The summed E-state index contributed by atoms with van der Waals surface area (Å²) in [5.41, 5.74) is 13.1. The van der Waals surface area contributed by atoms with E-state index in [4.69, 9.17) is 0 Å². The smallest absolute Gasteiger partial charge is 0.0789 e. The van der Waals surface area contributed by atoms with E-state index in [0.29, 0.717) is 0 Å². The molecule has 0 spiro atoms. The third-order valence-electron chi connectivity index (χ3n) is 11.0. The predicted octanol–water partition coefficient (Wildman–Crippen LogP) is 13.7. The SMILES string of the molecule is c1ccc(-c2ccccc2N(c2ccc3c(c2)sc2ccccc23)c2ccc3c(c2)n2c4ccccc4c4ccc5c6ccccc6n3c5c42)cc1. The molecule has 4 heteroatoms. The molecule has 0 aliphatic carbocycles. The van der Waals surface area contributed by atoms with E-state index in [1.165, 1.54) is 85.9 Å². The standard InChI is InChI=1S/C48H29N3S/c1-2-12-30(13-3-1)33-14-4-8-18-40(33)49(32-22-24-37-36-17-7-11-21-45(36)52-46(37)29-32)31-23-27-43-44(28-31)51-42-20-10-6-16-35(42)39-26-25-38-34-15-5-9-19-41(34)50(43)47(38)48(39)51/h1-29H.